The van der Waals surface area contributed by atoms with Crippen LogP contribution in [0.2, 0.25) is 0 Å². The van der Waals surface area contributed by atoms with Gasteiger partial charge >= 0.3 is 5.97 Å². The lowest BCUT2D eigenvalue weighted by Crippen LogP contribution is -2.50. The van der Waals surface area contributed by atoms with Gasteiger partial charge in [-0.15, -0.1) is 0 Å². The normalized spacial score (nSPS) is 29.7. The van der Waals surface area contributed by atoms with Crippen LogP contribution in [0.5, 0.6) is 0 Å². The minimum Gasteiger partial charge on any atom is -0.481 e. The number of nitrogens with zero attached hydrogens (tertiary/aromatic N) is 1. The van der Waals surface area contributed by atoms with Gasteiger partial charge in [-0.05, 0) is 51.3 Å². The molecule has 1 aliphatic heterocycles. The molecular formula is C19H27NO5S. The Bertz CT molecular complexity index is 781. The van der Waals surface area contributed by atoms with Crippen LogP contribution in [-0.4, -0.2) is 50.0 Å². The summed E-state index contributed by atoms with van der Waals surface area (Å²) in [6.07, 6.45) is 1.46. The fourth-order valence-electron chi connectivity index (χ4n) is 4.29. The first-order valence-electron chi connectivity index (χ1n) is 9.17. The van der Waals surface area contributed by atoms with Gasteiger partial charge in [0.15, 0.2) is 9.84 Å². The number of anilines is 1. The van der Waals surface area contributed by atoms with Gasteiger partial charge in [0.1, 0.15) is 0 Å². The minimum absolute atomic E-state index is 0.0494. The van der Waals surface area contributed by atoms with Crippen molar-refractivity contribution in [3.05, 3.63) is 23.8 Å². The van der Waals surface area contributed by atoms with Gasteiger partial charge in [-0.3, -0.25) is 4.79 Å². The van der Waals surface area contributed by atoms with Crippen molar-refractivity contribution in [2.75, 3.05) is 18.1 Å². The topological polar surface area (TPSA) is 83.9 Å². The van der Waals surface area contributed by atoms with Gasteiger partial charge in [-0.1, -0.05) is 12.5 Å². The van der Waals surface area contributed by atoms with Crippen molar-refractivity contribution in [3.8, 4) is 0 Å². The van der Waals surface area contributed by atoms with Crippen LogP contribution in [0.15, 0.2) is 23.1 Å². The smallest absolute Gasteiger partial charge is 0.307 e. The molecule has 0 unspecified atom stereocenters. The molecule has 1 N–H and O–H groups in total. The summed E-state index contributed by atoms with van der Waals surface area (Å²) in [5.41, 5.74) is 1.65. The van der Waals surface area contributed by atoms with Gasteiger partial charge in [0.25, 0.3) is 0 Å². The maximum absolute atomic E-state index is 13.4. The summed E-state index contributed by atoms with van der Waals surface area (Å²) in [6.45, 7) is 7.05. The average molecular weight is 381 g/mol. The predicted octanol–water partition coefficient (Wildman–Crippen LogP) is 2.64. The summed E-state index contributed by atoms with van der Waals surface area (Å²) >= 11 is 0. The van der Waals surface area contributed by atoms with E-state index in [1.54, 1.807) is 12.1 Å². The third-order valence-electron chi connectivity index (χ3n) is 5.54. The largest absolute Gasteiger partial charge is 0.481 e. The Balaban J connectivity index is 2.09. The zero-order valence-electron chi connectivity index (χ0n) is 15.5. The van der Waals surface area contributed by atoms with Gasteiger partial charge in [0, 0.05) is 12.1 Å². The molecule has 7 heteroatoms. The van der Waals surface area contributed by atoms with Crippen molar-refractivity contribution in [2.24, 2.45) is 5.92 Å². The van der Waals surface area contributed by atoms with Gasteiger partial charge in [0.05, 0.1) is 35.0 Å². The lowest BCUT2D eigenvalue weighted by Gasteiger charge is -2.41. The second kappa shape index (κ2) is 7.19. The zero-order chi connectivity index (χ0) is 19.1. The van der Waals surface area contributed by atoms with Crippen molar-refractivity contribution in [1.82, 2.24) is 0 Å². The minimum atomic E-state index is -3.74. The molecular weight excluding hydrogens is 354 g/mol. The maximum atomic E-state index is 13.4. The molecule has 0 radical (unpaired) electrons. The lowest BCUT2D eigenvalue weighted by molar-refractivity contribution is -0.141. The van der Waals surface area contributed by atoms with Crippen molar-refractivity contribution in [2.45, 2.75) is 62.3 Å². The molecule has 1 aromatic rings. The van der Waals surface area contributed by atoms with Crippen LogP contribution in [0, 0.1) is 12.8 Å². The maximum Gasteiger partial charge on any atom is 0.307 e. The summed E-state index contributed by atoms with van der Waals surface area (Å²) < 4.78 is 32.4. The number of carboxylic acid groups (broad SMARTS) is 1. The molecule has 0 amide bonds. The molecule has 3 rings (SSSR count). The van der Waals surface area contributed by atoms with E-state index in [1.807, 2.05) is 26.8 Å². The number of benzene rings is 1. The van der Waals surface area contributed by atoms with Crippen LogP contribution >= 0.6 is 0 Å². The highest BCUT2D eigenvalue weighted by Crippen LogP contribution is 2.39. The van der Waals surface area contributed by atoms with E-state index in [-0.39, 0.29) is 17.0 Å². The van der Waals surface area contributed by atoms with E-state index >= 15 is 0 Å². The Morgan fingerprint density at radius 1 is 1.19 bits per heavy atom. The Kier molecular flexibility index (Phi) is 5.30. The summed E-state index contributed by atoms with van der Waals surface area (Å²) in [6, 6.07) is 5.43. The van der Waals surface area contributed by atoms with Crippen molar-refractivity contribution in [3.63, 3.8) is 0 Å². The number of aliphatic carboxylic acids is 1. The highest BCUT2D eigenvalue weighted by molar-refractivity contribution is 7.92. The number of carbonyl (C=O) groups is 1. The van der Waals surface area contributed by atoms with Crippen LogP contribution < -0.4 is 4.90 Å². The molecule has 0 spiro atoms. The fourth-order valence-corrected chi connectivity index (χ4v) is 6.49. The van der Waals surface area contributed by atoms with Crippen molar-refractivity contribution >= 4 is 21.5 Å². The first-order chi connectivity index (χ1) is 12.2. The van der Waals surface area contributed by atoms with Crippen LogP contribution in [-0.2, 0) is 19.4 Å². The van der Waals surface area contributed by atoms with Crippen LogP contribution in [0.3, 0.4) is 0 Å². The third-order valence-corrected chi connectivity index (χ3v) is 7.85. The molecule has 6 nitrogen and oxygen atoms in total. The van der Waals surface area contributed by atoms with Gasteiger partial charge in [0.2, 0.25) is 0 Å². The molecule has 1 saturated heterocycles. The Morgan fingerprint density at radius 3 is 2.46 bits per heavy atom. The molecule has 0 bridgehead atoms. The van der Waals surface area contributed by atoms with Crippen molar-refractivity contribution in [1.29, 1.82) is 0 Å². The Morgan fingerprint density at radius 2 is 1.85 bits per heavy atom. The fraction of sp³-hybridized carbons (Fsp3) is 0.632. The van der Waals surface area contributed by atoms with Gasteiger partial charge in [-0.25, -0.2) is 8.42 Å². The predicted molar refractivity (Wildman–Crippen MR) is 99.4 cm³/mol. The summed E-state index contributed by atoms with van der Waals surface area (Å²) in [5.74, 6) is -1.84. The number of aryl methyl sites for hydroxylation is 1. The molecule has 0 aromatic heterocycles. The number of hydrogen-bond acceptors (Lipinski definition) is 5. The van der Waals surface area contributed by atoms with E-state index in [9.17, 15) is 18.3 Å². The molecule has 1 aromatic carbocycles. The summed E-state index contributed by atoms with van der Waals surface area (Å²) in [7, 11) is -3.74. The van der Waals surface area contributed by atoms with E-state index < -0.39 is 27.0 Å². The number of morpholine rings is 1. The average Bonchev–Trinajstić information content (AvgIpc) is 3.05. The van der Waals surface area contributed by atoms with Crippen LogP contribution in [0.25, 0.3) is 0 Å². The Labute approximate surface area is 155 Å². The highest BCUT2D eigenvalue weighted by atomic mass is 32.2. The van der Waals surface area contributed by atoms with E-state index in [1.165, 1.54) is 0 Å². The molecule has 144 valence electrons. The molecule has 4 atom stereocenters. The molecule has 26 heavy (non-hydrogen) atoms. The van der Waals surface area contributed by atoms with Gasteiger partial charge in [-0.2, -0.15) is 0 Å². The first kappa shape index (κ1) is 19.2. The Hall–Kier alpha value is -1.60. The number of carboxylic acids is 1. The monoisotopic (exact) mass is 381 g/mol. The second-order valence-corrected chi connectivity index (χ2v) is 9.71. The number of ether oxygens (including phenoxy) is 1. The van der Waals surface area contributed by atoms with E-state index in [0.29, 0.717) is 38.2 Å². The highest BCUT2D eigenvalue weighted by Gasteiger charge is 2.44. The molecule has 2 fully saturated rings. The van der Waals surface area contributed by atoms with Crippen LogP contribution in [0.1, 0.15) is 38.7 Å². The molecule has 1 aliphatic carbocycles. The van der Waals surface area contributed by atoms with E-state index in [4.69, 9.17) is 4.74 Å². The molecule has 1 heterocycles. The van der Waals surface area contributed by atoms with Gasteiger partial charge < -0.3 is 14.7 Å². The quantitative estimate of drug-likeness (QED) is 0.863. The number of hydrogen-bond donors (Lipinski definition) is 1. The third kappa shape index (κ3) is 3.34. The SMILES string of the molecule is Cc1ccc(S(=O)(=O)[C@H]2CCC[C@@H]2C(=O)O)c(N2[C@@H](C)COC[C@@H]2C)c1. The number of rotatable bonds is 4. The van der Waals surface area contributed by atoms with Crippen molar-refractivity contribution < 1.29 is 23.1 Å². The zero-order valence-corrected chi connectivity index (χ0v) is 16.3. The van der Waals surface area contributed by atoms with E-state index in [2.05, 4.69) is 4.90 Å². The second-order valence-electron chi connectivity index (χ2n) is 7.57. The summed E-state index contributed by atoms with van der Waals surface area (Å²) in [4.78, 5) is 13.9. The lowest BCUT2D eigenvalue weighted by atomic mass is 10.1. The first-order valence-corrected chi connectivity index (χ1v) is 10.7. The number of sulfone groups is 1. The van der Waals surface area contributed by atoms with E-state index in [0.717, 1.165) is 5.56 Å². The molecule has 2 aliphatic rings. The standard InChI is InChI=1S/C19H27NO5S/c1-12-7-8-18(16(9-12)20-13(2)10-25-11-14(20)3)26(23,24)17-6-4-5-15(17)19(21)22/h7-9,13-15,17H,4-6,10-11H2,1-3H3,(H,21,22)/t13-,14-,15-,17-/m0/s1. The molecule has 1 saturated carbocycles. The summed E-state index contributed by atoms with van der Waals surface area (Å²) in [5, 5.41) is 8.60. The van der Waals surface area contributed by atoms with Crippen LogP contribution in [0.4, 0.5) is 5.69 Å².